The van der Waals surface area contributed by atoms with E-state index < -0.39 is 7.82 Å². The van der Waals surface area contributed by atoms with Crippen LogP contribution in [-0.4, -0.2) is 20.0 Å². The molecule has 0 saturated carbocycles. The number of rotatable bonds is 4. The van der Waals surface area contributed by atoms with Crippen molar-refractivity contribution in [3.8, 4) is 0 Å². The largest absolute Gasteiger partial charge is 0.480 e. The molecule has 0 spiro atoms. The summed E-state index contributed by atoms with van der Waals surface area (Å²) in [6.07, 6.45) is 0. The van der Waals surface area contributed by atoms with Crippen molar-refractivity contribution in [3.63, 3.8) is 0 Å². The Bertz CT molecular complexity index is 272. The van der Waals surface area contributed by atoms with Crippen LogP contribution < -0.4 is 0 Å². The second-order valence-electron chi connectivity index (χ2n) is 1.66. The Morgan fingerprint density at radius 1 is 1.75 bits per heavy atom. The Hall–Kier alpha value is 0.0200. The van der Waals surface area contributed by atoms with Gasteiger partial charge in [-0.05, 0) is 0 Å². The van der Waals surface area contributed by atoms with E-state index >= 15 is 0 Å². The Labute approximate surface area is 76.4 Å². The van der Waals surface area contributed by atoms with Gasteiger partial charge in [-0.1, -0.05) is 0 Å². The first kappa shape index (κ1) is 10.1. The van der Waals surface area contributed by atoms with E-state index in [1.807, 2.05) is 0 Å². The van der Waals surface area contributed by atoms with Gasteiger partial charge < -0.3 is 9.79 Å². The van der Waals surface area contributed by atoms with E-state index in [0.29, 0.717) is 17.1 Å². The van der Waals surface area contributed by atoms with Crippen molar-refractivity contribution in [3.05, 3.63) is 10.5 Å². The predicted octanol–water partition coefficient (Wildman–Crippen LogP) is 0.796. The third kappa shape index (κ3) is 4.15. The van der Waals surface area contributed by atoms with Crippen molar-refractivity contribution in [2.45, 2.75) is 5.75 Å². The van der Waals surface area contributed by atoms with E-state index in [1.165, 1.54) is 16.8 Å². The molecule has 0 radical (unpaired) electrons. The summed E-state index contributed by atoms with van der Waals surface area (Å²) in [5, 5.41) is 7.85. The Kier molecular flexibility index (Phi) is 3.63. The van der Waals surface area contributed by atoms with Crippen molar-refractivity contribution < 1.29 is 18.3 Å². The molecule has 0 unspecified atom stereocenters. The zero-order valence-electron chi connectivity index (χ0n) is 5.65. The highest BCUT2D eigenvalue weighted by Gasteiger charge is 2.14. The highest BCUT2D eigenvalue weighted by atomic mass is 32.2. The van der Waals surface area contributed by atoms with Gasteiger partial charge in [0.25, 0.3) is 0 Å². The van der Waals surface area contributed by atoms with Gasteiger partial charge in [-0.2, -0.15) is 0 Å². The van der Waals surface area contributed by atoms with Crippen molar-refractivity contribution in [1.29, 1.82) is 0 Å². The molecule has 1 aromatic rings. The summed E-state index contributed by atoms with van der Waals surface area (Å²) in [6.45, 7) is 0. The zero-order chi connectivity index (χ0) is 9.03. The van der Waals surface area contributed by atoms with Crippen LogP contribution in [0.1, 0.15) is 5.01 Å². The maximum absolute atomic E-state index is 10.2. The topological polar surface area (TPSA) is 92.5 Å². The standard InChI is InChI=1S/C3H5N2O4PS2/c6-10(7,8)9-12-1-3-5-4-2-11-3/h2H,1H2,(H2,6,7,8). The highest BCUT2D eigenvalue weighted by molar-refractivity contribution is 7.97. The molecule has 0 fully saturated rings. The van der Waals surface area contributed by atoms with Crippen LogP contribution in [0.25, 0.3) is 0 Å². The normalized spacial score (nSPS) is 11.8. The summed E-state index contributed by atoms with van der Waals surface area (Å²) in [5.41, 5.74) is 1.54. The van der Waals surface area contributed by atoms with Gasteiger partial charge in [0.2, 0.25) is 0 Å². The summed E-state index contributed by atoms with van der Waals surface area (Å²) in [7, 11) is -4.36. The Balaban J connectivity index is 2.24. The Morgan fingerprint density at radius 3 is 3.00 bits per heavy atom. The predicted molar refractivity (Wildman–Crippen MR) is 44.3 cm³/mol. The molecule has 0 aliphatic rings. The SMILES string of the molecule is O=P(O)(O)OSCc1nncs1. The molecular formula is C3H5N2O4PS2. The third-order valence-corrected chi connectivity index (χ3v) is 3.21. The minimum absolute atomic E-state index is 0.287. The molecule has 9 heteroatoms. The van der Waals surface area contributed by atoms with Gasteiger partial charge in [0, 0.05) is 12.0 Å². The van der Waals surface area contributed by atoms with Gasteiger partial charge in [-0.25, -0.2) is 8.54 Å². The molecule has 0 amide bonds. The molecule has 0 aliphatic heterocycles. The summed E-state index contributed by atoms with van der Waals surface area (Å²) < 4.78 is 14.3. The van der Waals surface area contributed by atoms with Crippen LogP contribution in [0.2, 0.25) is 0 Å². The van der Waals surface area contributed by atoms with E-state index in [2.05, 4.69) is 14.2 Å². The van der Waals surface area contributed by atoms with Crippen LogP contribution in [0.3, 0.4) is 0 Å². The Morgan fingerprint density at radius 2 is 2.50 bits per heavy atom. The lowest BCUT2D eigenvalue weighted by atomic mass is 10.9. The van der Waals surface area contributed by atoms with Crippen LogP contribution in [-0.2, 0) is 14.3 Å². The fourth-order valence-electron chi connectivity index (χ4n) is 0.404. The monoisotopic (exact) mass is 228 g/mol. The molecule has 2 N–H and O–H groups in total. The lowest BCUT2D eigenvalue weighted by Gasteiger charge is -2.00. The van der Waals surface area contributed by atoms with Gasteiger partial charge in [-0.3, -0.25) is 0 Å². The molecule has 0 aliphatic carbocycles. The first-order chi connectivity index (χ1) is 5.58. The third-order valence-electron chi connectivity index (χ3n) is 0.737. The first-order valence-corrected chi connectivity index (χ1v) is 6.02. The van der Waals surface area contributed by atoms with Crippen LogP contribution in [0.15, 0.2) is 5.51 Å². The summed E-state index contributed by atoms with van der Waals surface area (Å²) in [6, 6.07) is 0. The quantitative estimate of drug-likeness (QED) is 0.581. The average molecular weight is 228 g/mol. The minimum atomic E-state index is -4.36. The number of hydrogen-bond acceptors (Lipinski definition) is 6. The molecule has 0 saturated heterocycles. The number of phosphoric acid groups is 1. The second-order valence-corrected chi connectivity index (χ2v) is 4.68. The van der Waals surface area contributed by atoms with E-state index in [9.17, 15) is 4.57 Å². The van der Waals surface area contributed by atoms with Crippen LogP contribution in [0.5, 0.6) is 0 Å². The number of aromatic nitrogens is 2. The number of hydrogen-bond donors (Lipinski definition) is 2. The van der Waals surface area contributed by atoms with Gasteiger partial charge in [0.15, 0.2) is 0 Å². The molecule has 0 atom stereocenters. The second kappa shape index (κ2) is 4.31. The first-order valence-electron chi connectivity index (χ1n) is 2.70. The van der Waals surface area contributed by atoms with Crippen LogP contribution in [0, 0.1) is 0 Å². The molecular weight excluding hydrogens is 223 g/mol. The van der Waals surface area contributed by atoms with E-state index in [4.69, 9.17) is 9.79 Å². The van der Waals surface area contributed by atoms with Gasteiger partial charge in [0.05, 0.1) is 5.75 Å². The fourth-order valence-corrected chi connectivity index (χ4v) is 2.05. The van der Waals surface area contributed by atoms with Crippen LogP contribution in [0.4, 0.5) is 0 Å². The summed E-state index contributed by atoms with van der Waals surface area (Å²) >= 11 is 1.96. The van der Waals surface area contributed by atoms with E-state index in [1.54, 1.807) is 0 Å². The molecule has 1 heterocycles. The van der Waals surface area contributed by atoms with E-state index in [-0.39, 0.29) is 5.75 Å². The molecule has 0 bridgehead atoms. The fraction of sp³-hybridized carbons (Fsp3) is 0.333. The number of nitrogens with zero attached hydrogens (tertiary/aromatic N) is 2. The molecule has 6 nitrogen and oxygen atoms in total. The molecule has 0 aromatic carbocycles. The summed E-state index contributed by atoms with van der Waals surface area (Å²) in [4.78, 5) is 16.6. The van der Waals surface area contributed by atoms with Crippen molar-refractivity contribution in [2.24, 2.45) is 0 Å². The molecule has 68 valence electrons. The zero-order valence-corrected chi connectivity index (χ0v) is 8.18. The lowest BCUT2D eigenvalue weighted by molar-refractivity contribution is 0.298. The molecule has 12 heavy (non-hydrogen) atoms. The van der Waals surface area contributed by atoms with Crippen LogP contribution >= 0.6 is 31.2 Å². The van der Waals surface area contributed by atoms with Gasteiger partial charge in [-0.15, -0.1) is 21.5 Å². The van der Waals surface area contributed by atoms with Crippen molar-refractivity contribution in [1.82, 2.24) is 10.2 Å². The van der Waals surface area contributed by atoms with E-state index in [0.717, 1.165) is 0 Å². The maximum atomic E-state index is 10.2. The van der Waals surface area contributed by atoms with Gasteiger partial charge >= 0.3 is 7.82 Å². The molecule has 1 rings (SSSR count). The minimum Gasteiger partial charge on any atom is -0.302 e. The average Bonchev–Trinajstić information content (AvgIpc) is 2.36. The molecule has 1 aromatic heterocycles. The van der Waals surface area contributed by atoms with Crippen molar-refractivity contribution in [2.75, 3.05) is 0 Å². The highest BCUT2D eigenvalue weighted by Crippen LogP contribution is 2.41. The smallest absolute Gasteiger partial charge is 0.302 e. The lowest BCUT2D eigenvalue weighted by Crippen LogP contribution is -1.82. The summed E-state index contributed by atoms with van der Waals surface area (Å²) in [5.74, 6) is 0.287. The maximum Gasteiger partial charge on any atom is 0.480 e. The van der Waals surface area contributed by atoms with Gasteiger partial charge in [0.1, 0.15) is 10.5 Å². The van der Waals surface area contributed by atoms with Crippen molar-refractivity contribution >= 4 is 31.2 Å².